The second-order valence-electron chi connectivity index (χ2n) is 38.4. The Morgan fingerprint density at radius 3 is 0.964 bits per heavy atom. The number of benzene rings is 1. The Morgan fingerprint density at radius 1 is 0.445 bits per heavy atom. The minimum absolute atomic E-state index is 0. The normalized spacial score (nSPS) is 11.3. The van der Waals surface area contributed by atoms with Gasteiger partial charge in [-0.1, -0.05) is 471 Å². The molecule has 1 aromatic carbocycles. The molecule has 1 rings (SSSR count). The summed E-state index contributed by atoms with van der Waals surface area (Å²) in [6.07, 6.45) is 11.5. The van der Waals surface area contributed by atoms with Crippen molar-refractivity contribution in [1.29, 1.82) is 0 Å². The van der Waals surface area contributed by atoms with Gasteiger partial charge in [0, 0.05) is 85.1 Å². The van der Waals surface area contributed by atoms with Gasteiger partial charge in [0.2, 0.25) is 12.0 Å². The lowest BCUT2D eigenvalue weighted by Crippen LogP contribution is -2.17. The molecule has 1 aromatic rings. The standard InChI is InChI=1S/C10H14S.C8H18S2.C7H12O2.C7H16OS2.C7H16S2.C7H16S.2C6H12O2.C6H14OS2.C6H14S2.C6H12.C5H10F2.C5H11F.C5H12S2.2C5H12.C3H7NO2.C3H9N.CH4/c1-9(2)8-11-10-6-4-3-5-7-10;1-7(2)6-9-10-8(3,4)5;1-4-5-9-7(8)6(2)3;1-5-9-10-7(4)8-6(2)3;1-6(2)5-8-9-7(3)4;1-5-8-7(4)6(2)3;2*1-4-8-6(7)5(2)3;1-5(2)7-6(3)9-8-4;1-4-7-8-5-6(2)3;1-4-5-6(2)3;1-4(2)5(3,6)7;1-4(2)5(3)6;1-5(2)4-7-6-3;2*1-4-5(2)3;1-3(2)4(5)6;1-3(2)4;/h3-7,9H,8H2,1-2H3;7H,6H2,1-5H3;4,6H,1,5H2,2-3H3;6-7H,5H2,1-4H3;6-7H,5H2,1-4H3;6-7H,5H2,1-4H3;2*5H,4H2,1-3H3;5-6H,1-4H3;6H,4-5H2,1-3H3;4,6H,1,5H2,2-3H3;4H,1-3H3;4-5H,1-3H3;5H,4H2,1-3H3;2*5H,4H2,1-3H3;3H,1-2H3;3H,4H2,1-2H3;1H4. The van der Waals surface area contributed by atoms with Gasteiger partial charge in [-0.05, 0) is 171 Å². The zero-order valence-electron chi connectivity index (χ0n) is 98.6. The molecule has 0 spiro atoms. The molecule has 0 aliphatic carbocycles. The second-order valence-corrected chi connectivity index (χ2v) is 58.4. The van der Waals surface area contributed by atoms with Gasteiger partial charge < -0.3 is 29.4 Å². The van der Waals surface area contributed by atoms with Crippen molar-refractivity contribution >= 4 is 171 Å². The average Bonchev–Trinajstić information content (AvgIpc) is 0.946. The number of allylic oxidation sites excluding steroid dienone is 1. The topological polar surface area (TPSA) is 167 Å². The number of rotatable bonds is 43. The molecule has 0 amide bonds. The maximum absolute atomic E-state index is 11.8. The summed E-state index contributed by atoms with van der Waals surface area (Å²) < 4.78 is 60.9. The highest BCUT2D eigenvalue weighted by Gasteiger charge is 2.25. The van der Waals surface area contributed by atoms with E-state index in [1.165, 1.54) is 71.9 Å². The molecule has 840 valence electrons. The predicted octanol–water partition coefficient (Wildman–Crippen LogP) is 41.2. The van der Waals surface area contributed by atoms with Crippen LogP contribution in [0.3, 0.4) is 0 Å². The van der Waals surface area contributed by atoms with Crippen molar-refractivity contribution in [2.24, 2.45) is 88.6 Å². The van der Waals surface area contributed by atoms with E-state index in [9.17, 15) is 37.7 Å². The molecule has 4 unspecified atom stereocenters. The van der Waals surface area contributed by atoms with E-state index in [-0.39, 0.29) is 53.9 Å². The molecule has 0 fully saturated rings. The van der Waals surface area contributed by atoms with Crippen LogP contribution in [0, 0.1) is 93.0 Å². The van der Waals surface area contributed by atoms with Crippen LogP contribution in [-0.4, -0.2) is 164 Å². The fraction of sp³-hybridized carbons (Fsp3) is 0.880. The maximum atomic E-state index is 11.8. The lowest BCUT2D eigenvalue weighted by molar-refractivity contribution is -0.513. The van der Waals surface area contributed by atoms with E-state index in [2.05, 4.69) is 308 Å². The minimum atomic E-state index is -2.50. The third kappa shape index (κ3) is 245. The Morgan fingerprint density at radius 2 is 0.766 bits per heavy atom. The summed E-state index contributed by atoms with van der Waals surface area (Å²) in [6.45, 7) is 116. The first-order chi connectivity index (χ1) is 62.2. The van der Waals surface area contributed by atoms with Gasteiger partial charge >= 0.3 is 17.9 Å². The van der Waals surface area contributed by atoms with Gasteiger partial charge in [0.1, 0.15) is 17.5 Å². The van der Waals surface area contributed by atoms with Gasteiger partial charge in [-0.25, -0.2) is 13.2 Å². The van der Waals surface area contributed by atoms with Crippen molar-refractivity contribution < 1.29 is 56.2 Å². The van der Waals surface area contributed by atoms with Gasteiger partial charge in [-0.2, -0.15) is 11.8 Å². The zero-order chi connectivity index (χ0) is 111. The lowest BCUT2D eigenvalue weighted by atomic mass is 10.1. The molecule has 2 N–H and O–H groups in total. The van der Waals surface area contributed by atoms with Crippen molar-refractivity contribution in [2.75, 3.05) is 78.4 Å². The number of esters is 3. The third-order valence-electron chi connectivity index (χ3n) is 13.6. The molecular weight excluding hydrogens is 1990 g/mol. The molecule has 0 bridgehead atoms. The number of halogens is 3. The third-order valence-corrected chi connectivity index (χ3v) is 33.1. The highest BCUT2D eigenvalue weighted by atomic mass is 33.1. The van der Waals surface area contributed by atoms with Crippen molar-refractivity contribution in [3.63, 3.8) is 0 Å². The quantitative estimate of drug-likeness (QED) is 0.00754. The molecule has 0 saturated carbocycles. The number of hydrogen-bond acceptors (Lipinski definition) is 25. The monoisotopic (exact) mass is 2220 g/mol. The van der Waals surface area contributed by atoms with Gasteiger partial charge in [-0.15, -0.1) is 18.3 Å². The van der Waals surface area contributed by atoms with Crippen molar-refractivity contribution in [1.82, 2.24) is 0 Å². The largest absolute Gasteiger partial charge is 0.466 e. The summed E-state index contributed by atoms with van der Waals surface area (Å²) in [5.74, 6) is 14.2. The number of nitro groups is 1. The first-order valence-electron chi connectivity index (χ1n) is 49.9. The van der Waals surface area contributed by atoms with Crippen LogP contribution >= 0.6 is 153 Å². The van der Waals surface area contributed by atoms with E-state index < -0.39 is 24.1 Å². The summed E-state index contributed by atoms with van der Waals surface area (Å²) in [7, 11) is 22.8. The molecule has 0 aromatic heterocycles. The van der Waals surface area contributed by atoms with E-state index in [0.29, 0.717) is 53.7 Å². The Bertz CT molecular complexity index is 2390. The van der Waals surface area contributed by atoms with Crippen LogP contribution in [0.1, 0.15) is 394 Å². The van der Waals surface area contributed by atoms with Gasteiger partial charge in [0.15, 0.2) is 0 Å². The molecule has 0 radical (unpaired) electrons. The second kappa shape index (κ2) is 135. The van der Waals surface area contributed by atoms with Crippen LogP contribution in [0.4, 0.5) is 13.2 Å². The number of nitrogens with zero attached hydrogens (tertiary/aromatic N) is 1. The zero-order valence-corrected chi connectivity index (χ0v) is 110. The van der Waals surface area contributed by atoms with Gasteiger partial charge in [0.25, 0.3) is 0 Å². The first-order valence-corrected chi connectivity index (χ1v) is 66.8. The Balaban J connectivity index is -0.0000000687. The SMILES string of the molecule is C.C=CCC(C)C.C=CCOC(=O)C(C)C.CC(C)C(C)(F)F.CC(C)C(C)F.CC(C)CSSC(C)(C)C.CC(C)CSSC(C)C.CC(C)CSc1ccccc1.CC(C)N.CC(C)[N+](=O)[O-].CCC(C)C.CCC(C)C.CCOC(=O)C(C)C.CCOC(=O)C(C)C.CCSC(C)C(C)C.CCSSC(C)OC(C)C.CCSSCC(C)C.CSSC(C)OC(C)C.CSSCC(C)C. The van der Waals surface area contributed by atoms with E-state index in [1.807, 2.05) is 182 Å². The number of ether oxygens (including phenoxy) is 5. The van der Waals surface area contributed by atoms with E-state index in [4.69, 9.17) is 19.9 Å². The van der Waals surface area contributed by atoms with E-state index in [0.717, 1.165) is 82.9 Å². The predicted molar refractivity (Wildman–Crippen MR) is 661 cm³/mol. The minimum Gasteiger partial charge on any atom is -0.466 e. The molecule has 4 atom stereocenters. The Labute approximate surface area is 912 Å². The summed E-state index contributed by atoms with van der Waals surface area (Å²) in [6, 6.07) is 10.5. The fourth-order valence-corrected chi connectivity index (χ4v) is 18.8. The lowest BCUT2D eigenvalue weighted by Gasteiger charge is -2.16. The first kappa shape index (κ1) is 180. The van der Waals surface area contributed by atoms with Crippen LogP contribution in [0.15, 0.2) is 60.5 Å². The van der Waals surface area contributed by atoms with Crippen LogP contribution < -0.4 is 5.73 Å². The van der Waals surface area contributed by atoms with Crippen molar-refractivity contribution in [3.8, 4) is 0 Å². The summed E-state index contributed by atoms with van der Waals surface area (Å²) in [5, 5.41) is 11.1. The summed E-state index contributed by atoms with van der Waals surface area (Å²) >= 11 is 3.97. The number of hydrogen-bond donors (Lipinski definition) is 1. The van der Waals surface area contributed by atoms with Crippen LogP contribution in [0.25, 0.3) is 0 Å². The molecule has 0 aliphatic rings. The van der Waals surface area contributed by atoms with Gasteiger partial charge in [-0.3, -0.25) is 24.5 Å². The number of nitrogens with two attached hydrogens (primary N) is 1. The maximum Gasteiger partial charge on any atom is 0.308 e. The van der Waals surface area contributed by atoms with E-state index in [1.54, 1.807) is 86.9 Å². The molecule has 0 saturated heterocycles. The number of carbonyl (C=O) groups excluding carboxylic acids is 3. The average molecular weight is 2230 g/mol. The molecule has 137 heavy (non-hydrogen) atoms. The number of alkyl halides is 3. The smallest absolute Gasteiger partial charge is 0.308 e. The van der Waals surface area contributed by atoms with Crippen molar-refractivity contribution in [3.05, 3.63) is 65.8 Å². The highest BCUT2D eigenvalue weighted by Crippen LogP contribution is 2.36. The number of carbonyl (C=O) groups is 3. The van der Waals surface area contributed by atoms with Crippen LogP contribution in [0.5, 0.6) is 0 Å². The highest BCUT2D eigenvalue weighted by molar-refractivity contribution is 8.78. The van der Waals surface area contributed by atoms with Crippen LogP contribution in [0.2, 0.25) is 0 Å². The van der Waals surface area contributed by atoms with Crippen molar-refractivity contribution in [2.45, 2.75) is 461 Å². The molecule has 0 aliphatic heterocycles. The Kier molecular flexibility index (Phi) is 177. The van der Waals surface area contributed by atoms with E-state index >= 15 is 0 Å². The molecular formula is C108H233F3N2O10S14. The molecule has 0 heterocycles. The summed E-state index contributed by atoms with van der Waals surface area (Å²) in [5.41, 5.74) is 5.75. The number of thioether (sulfide) groups is 2. The fourth-order valence-electron chi connectivity index (χ4n) is 4.74. The molecule has 29 heteroatoms. The van der Waals surface area contributed by atoms with Gasteiger partial charge in [0.05, 0.1) is 49.3 Å². The van der Waals surface area contributed by atoms with Crippen LogP contribution in [-0.2, 0) is 38.1 Å². The Hall–Kier alpha value is 1.08. The molecule has 12 nitrogen and oxygen atoms in total. The summed E-state index contributed by atoms with van der Waals surface area (Å²) in [4.78, 5) is 42.2.